The van der Waals surface area contributed by atoms with Gasteiger partial charge >= 0.3 is 0 Å². The molecule has 0 aliphatic carbocycles. The highest BCUT2D eigenvalue weighted by Crippen LogP contribution is 2.28. The maximum Gasteiger partial charge on any atom is 0.130 e. The molecule has 1 fully saturated rings. The van der Waals surface area contributed by atoms with E-state index in [0.29, 0.717) is 23.7 Å². The molecule has 76 valence electrons. The molecule has 1 unspecified atom stereocenters. The zero-order valence-corrected chi connectivity index (χ0v) is 8.35. The van der Waals surface area contributed by atoms with Gasteiger partial charge in [0.2, 0.25) is 0 Å². The Bertz CT molecular complexity index is 306. The van der Waals surface area contributed by atoms with Crippen LogP contribution in [0.1, 0.15) is 11.7 Å². The van der Waals surface area contributed by atoms with E-state index in [1.54, 1.807) is 12.1 Å². The van der Waals surface area contributed by atoms with Crippen molar-refractivity contribution >= 4 is 11.6 Å². The summed E-state index contributed by atoms with van der Waals surface area (Å²) in [7, 11) is 0. The van der Waals surface area contributed by atoms with E-state index >= 15 is 0 Å². The second-order valence-corrected chi connectivity index (χ2v) is 3.61. The summed E-state index contributed by atoms with van der Waals surface area (Å²) in [6.45, 7) is 2.01. The quantitative estimate of drug-likeness (QED) is 0.775. The van der Waals surface area contributed by atoms with Crippen molar-refractivity contribution < 1.29 is 9.13 Å². The predicted molar refractivity (Wildman–Crippen MR) is 53.0 cm³/mol. The number of hydrogen-bond donors (Lipinski definition) is 1. The summed E-state index contributed by atoms with van der Waals surface area (Å²) < 4.78 is 18.9. The zero-order chi connectivity index (χ0) is 9.97. The lowest BCUT2D eigenvalue weighted by molar-refractivity contribution is 0.0256. The van der Waals surface area contributed by atoms with E-state index in [0.717, 1.165) is 6.54 Å². The Morgan fingerprint density at radius 2 is 2.36 bits per heavy atom. The summed E-state index contributed by atoms with van der Waals surface area (Å²) in [6, 6.07) is 4.68. The molecule has 0 saturated carbocycles. The van der Waals surface area contributed by atoms with Crippen molar-refractivity contribution in [1.82, 2.24) is 5.32 Å². The average molecular weight is 216 g/mol. The predicted octanol–water partition coefficient (Wildman–Crippen LogP) is 2.14. The number of hydrogen-bond acceptors (Lipinski definition) is 2. The van der Waals surface area contributed by atoms with Crippen LogP contribution >= 0.6 is 11.6 Å². The molecule has 1 N–H and O–H groups in total. The van der Waals surface area contributed by atoms with E-state index in [-0.39, 0.29) is 11.9 Å². The van der Waals surface area contributed by atoms with Crippen LogP contribution in [-0.2, 0) is 4.74 Å². The van der Waals surface area contributed by atoms with Gasteiger partial charge in [-0.25, -0.2) is 4.39 Å². The Morgan fingerprint density at radius 1 is 1.50 bits per heavy atom. The van der Waals surface area contributed by atoms with Crippen molar-refractivity contribution in [2.24, 2.45) is 0 Å². The summed E-state index contributed by atoms with van der Waals surface area (Å²) in [5, 5.41) is 3.57. The lowest BCUT2D eigenvalue weighted by Gasteiger charge is -2.24. The first-order valence-corrected chi connectivity index (χ1v) is 4.93. The molecular weight excluding hydrogens is 205 g/mol. The van der Waals surface area contributed by atoms with Crippen molar-refractivity contribution in [1.29, 1.82) is 0 Å². The van der Waals surface area contributed by atoms with Crippen molar-refractivity contribution in [2.45, 2.75) is 6.10 Å². The molecule has 1 atom stereocenters. The van der Waals surface area contributed by atoms with Gasteiger partial charge < -0.3 is 10.1 Å². The van der Waals surface area contributed by atoms with Crippen LogP contribution in [0, 0.1) is 5.82 Å². The van der Waals surface area contributed by atoms with E-state index in [1.165, 1.54) is 6.07 Å². The first-order valence-electron chi connectivity index (χ1n) is 4.55. The maximum absolute atomic E-state index is 13.4. The van der Waals surface area contributed by atoms with Crippen molar-refractivity contribution in [3.05, 3.63) is 34.6 Å². The molecule has 0 aromatic heterocycles. The van der Waals surface area contributed by atoms with Crippen LogP contribution in [0.25, 0.3) is 0 Å². The van der Waals surface area contributed by atoms with Gasteiger partial charge in [-0.05, 0) is 12.1 Å². The standard InChI is InChI=1S/C10H11ClFNO/c11-7-2-1-3-8(12)10(7)9-6-13-4-5-14-9/h1-3,9,13H,4-6H2. The highest BCUT2D eigenvalue weighted by molar-refractivity contribution is 6.31. The molecule has 1 aromatic rings. The van der Waals surface area contributed by atoms with Crippen LogP contribution in [0.4, 0.5) is 4.39 Å². The zero-order valence-electron chi connectivity index (χ0n) is 7.59. The molecule has 1 heterocycles. The smallest absolute Gasteiger partial charge is 0.130 e. The number of morpholine rings is 1. The van der Waals surface area contributed by atoms with Gasteiger partial charge in [0.25, 0.3) is 0 Å². The van der Waals surface area contributed by atoms with E-state index in [1.807, 2.05) is 0 Å². The first-order chi connectivity index (χ1) is 6.79. The van der Waals surface area contributed by atoms with Crippen LogP contribution in [0.2, 0.25) is 5.02 Å². The van der Waals surface area contributed by atoms with Gasteiger partial charge in [0, 0.05) is 23.7 Å². The van der Waals surface area contributed by atoms with Crippen LogP contribution in [0.3, 0.4) is 0 Å². The van der Waals surface area contributed by atoms with Gasteiger partial charge in [-0.3, -0.25) is 0 Å². The number of rotatable bonds is 1. The van der Waals surface area contributed by atoms with E-state index in [9.17, 15) is 4.39 Å². The van der Waals surface area contributed by atoms with E-state index in [4.69, 9.17) is 16.3 Å². The highest BCUT2D eigenvalue weighted by atomic mass is 35.5. The molecule has 1 aromatic carbocycles. The Morgan fingerprint density at radius 3 is 3.00 bits per heavy atom. The van der Waals surface area contributed by atoms with E-state index < -0.39 is 0 Å². The minimum Gasteiger partial charge on any atom is -0.371 e. The second-order valence-electron chi connectivity index (χ2n) is 3.20. The van der Waals surface area contributed by atoms with Gasteiger partial charge in [0.05, 0.1) is 12.7 Å². The second kappa shape index (κ2) is 4.26. The third kappa shape index (κ3) is 1.90. The Labute approximate surface area is 87.0 Å². The molecule has 0 amide bonds. The lowest BCUT2D eigenvalue weighted by Crippen LogP contribution is -2.33. The first kappa shape index (κ1) is 9.90. The monoisotopic (exact) mass is 215 g/mol. The summed E-state index contributed by atoms with van der Waals surface area (Å²) in [5.74, 6) is -0.300. The van der Waals surface area contributed by atoms with Crippen molar-refractivity contribution in [2.75, 3.05) is 19.7 Å². The fourth-order valence-corrected chi connectivity index (χ4v) is 1.85. The molecule has 1 saturated heterocycles. The highest BCUT2D eigenvalue weighted by Gasteiger charge is 2.21. The molecule has 4 heteroatoms. The van der Waals surface area contributed by atoms with Crippen molar-refractivity contribution in [3.63, 3.8) is 0 Å². The summed E-state index contributed by atoms with van der Waals surface area (Å²) in [5.41, 5.74) is 0.460. The van der Waals surface area contributed by atoms with Gasteiger partial charge in [-0.15, -0.1) is 0 Å². The third-order valence-corrected chi connectivity index (χ3v) is 2.58. The molecule has 0 radical (unpaired) electrons. The SMILES string of the molecule is Fc1cccc(Cl)c1C1CNCCO1. The molecule has 0 spiro atoms. The van der Waals surface area contributed by atoms with Gasteiger partial charge in [0.1, 0.15) is 5.82 Å². The molecule has 2 nitrogen and oxygen atoms in total. The van der Waals surface area contributed by atoms with Gasteiger partial charge in [-0.1, -0.05) is 17.7 Å². The number of nitrogens with one attached hydrogen (secondary N) is 1. The van der Waals surface area contributed by atoms with Gasteiger partial charge in [-0.2, -0.15) is 0 Å². The van der Waals surface area contributed by atoms with Crippen LogP contribution in [-0.4, -0.2) is 19.7 Å². The average Bonchev–Trinajstić information content (AvgIpc) is 2.19. The van der Waals surface area contributed by atoms with Crippen LogP contribution < -0.4 is 5.32 Å². The maximum atomic E-state index is 13.4. The minimum atomic E-state index is -0.300. The largest absolute Gasteiger partial charge is 0.371 e. The molecule has 14 heavy (non-hydrogen) atoms. The molecule has 1 aliphatic rings. The number of benzene rings is 1. The molecule has 2 rings (SSSR count). The summed E-state index contributed by atoms with van der Waals surface area (Å²) in [6.07, 6.45) is -0.266. The fraction of sp³-hybridized carbons (Fsp3) is 0.400. The Kier molecular flexibility index (Phi) is 3.01. The lowest BCUT2D eigenvalue weighted by atomic mass is 10.1. The molecular formula is C10H11ClFNO. The number of ether oxygens (including phenoxy) is 1. The van der Waals surface area contributed by atoms with Crippen molar-refractivity contribution in [3.8, 4) is 0 Å². The minimum absolute atomic E-state index is 0.266. The third-order valence-electron chi connectivity index (χ3n) is 2.25. The number of halogens is 2. The van der Waals surface area contributed by atoms with Crippen LogP contribution in [0.5, 0.6) is 0 Å². The Hall–Kier alpha value is -0.640. The van der Waals surface area contributed by atoms with Gasteiger partial charge in [0.15, 0.2) is 0 Å². The molecule has 0 bridgehead atoms. The Balaban J connectivity index is 2.29. The summed E-state index contributed by atoms with van der Waals surface area (Å²) in [4.78, 5) is 0. The van der Waals surface area contributed by atoms with Crippen LogP contribution in [0.15, 0.2) is 18.2 Å². The topological polar surface area (TPSA) is 21.3 Å². The normalized spacial score (nSPS) is 22.3. The van der Waals surface area contributed by atoms with E-state index in [2.05, 4.69) is 5.32 Å². The fourth-order valence-electron chi connectivity index (χ4n) is 1.57. The molecule has 1 aliphatic heterocycles. The summed E-state index contributed by atoms with van der Waals surface area (Å²) >= 11 is 5.92.